The van der Waals surface area contributed by atoms with Crippen molar-refractivity contribution in [3.63, 3.8) is 0 Å². The van der Waals surface area contributed by atoms with Gasteiger partial charge in [-0.3, -0.25) is 9.40 Å². The second-order valence-corrected chi connectivity index (χ2v) is 8.95. The van der Waals surface area contributed by atoms with Crippen molar-refractivity contribution in [3.8, 4) is 10.6 Å². The first-order valence-electron chi connectivity index (χ1n) is 8.06. The summed E-state index contributed by atoms with van der Waals surface area (Å²) in [5, 5.41) is 7.28. The maximum absolute atomic E-state index is 13.2. The Bertz CT molecular complexity index is 989. The van der Waals surface area contributed by atoms with Gasteiger partial charge in [0.25, 0.3) is 10.0 Å². The van der Waals surface area contributed by atoms with Gasteiger partial charge in [0.15, 0.2) is 0 Å². The van der Waals surface area contributed by atoms with Crippen LogP contribution in [0.2, 0.25) is 0 Å². The SMILES string of the molecule is CCN(c1ccccc1)S(=O)(=O)c1cc(-c2n[nH]c(C)c2C)sc1C. The zero-order valence-electron chi connectivity index (χ0n) is 14.7. The van der Waals surface area contributed by atoms with Gasteiger partial charge < -0.3 is 0 Å². The molecule has 132 valence electrons. The Labute approximate surface area is 152 Å². The Hall–Kier alpha value is -2.12. The minimum Gasteiger partial charge on any atom is -0.282 e. The van der Waals surface area contributed by atoms with E-state index in [0.29, 0.717) is 17.1 Å². The number of sulfonamides is 1. The molecule has 0 atom stereocenters. The van der Waals surface area contributed by atoms with Crippen LogP contribution in [0.1, 0.15) is 23.1 Å². The van der Waals surface area contributed by atoms with Crippen molar-refractivity contribution in [2.24, 2.45) is 0 Å². The molecule has 5 nitrogen and oxygen atoms in total. The molecule has 7 heteroatoms. The largest absolute Gasteiger partial charge is 0.282 e. The predicted octanol–water partition coefficient (Wildman–Crippen LogP) is 4.28. The lowest BCUT2D eigenvalue weighted by Crippen LogP contribution is -2.30. The number of rotatable bonds is 5. The molecule has 1 N–H and O–H groups in total. The zero-order valence-corrected chi connectivity index (χ0v) is 16.3. The van der Waals surface area contributed by atoms with E-state index in [1.807, 2.05) is 58.0 Å². The van der Waals surface area contributed by atoms with Crippen molar-refractivity contribution in [3.05, 3.63) is 52.5 Å². The van der Waals surface area contributed by atoms with E-state index in [0.717, 1.165) is 26.7 Å². The van der Waals surface area contributed by atoms with Crippen LogP contribution in [0.15, 0.2) is 41.3 Å². The van der Waals surface area contributed by atoms with Crippen LogP contribution in [-0.2, 0) is 10.0 Å². The maximum Gasteiger partial charge on any atom is 0.265 e. The van der Waals surface area contributed by atoms with Crippen LogP contribution < -0.4 is 4.31 Å². The normalized spacial score (nSPS) is 11.7. The summed E-state index contributed by atoms with van der Waals surface area (Å²) in [6, 6.07) is 10.9. The number of hydrogen-bond donors (Lipinski definition) is 1. The standard InChI is InChI=1S/C18H21N3O2S2/c1-5-21(15-9-7-6-8-10-15)25(22,23)17-11-16(24-14(17)4)18-12(2)13(3)19-20-18/h6-11H,5H2,1-4H3,(H,19,20). The number of thiophene rings is 1. The molecule has 25 heavy (non-hydrogen) atoms. The lowest BCUT2D eigenvalue weighted by molar-refractivity contribution is 0.592. The first kappa shape index (κ1) is 17.7. The van der Waals surface area contributed by atoms with Crippen LogP contribution in [0.4, 0.5) is 5.69 Å². The number of para-hydroxylation sites is 1. The Morgan fingerprint density at radius 2 is 1.84 bits per heavy atom. The monoisotopic (exact) mass is 375 g/mol. The maximum atomic E-state index is 13.2. The van der Waals surface area contributed by atoms with Crippen LogP contribution in [0.3, 0.4) is 0 Å². The van der Waals surface area contributed by atoms with E-state index >= 15 is 0 Å². The van der Waals surface area contributed by atoms with Gasteiger partial charge in [-0.1, -0.05) is 18.2 Å². The molecule has 0 aliphatic carbocycles. The van der Waals surface area contributed by atoms with Gasteiger partial charge in [-0.05, 0) is 51.5 Å². The minimum absolute atomic E-state index is 0.346. The molecule has 3 rings (SSSR count). The number of anilines is 1. The molecule has 0 aliphatic heterocycles. The lowest BCUT2D eigenvalue weighted by atomic mass is 10.2. The fourth-order valence-electron chi connectivity index (χ4n) is 2.77. The molecule has 1 aromatic carbocycles. The molecule has 2 aromatic heterocycles. The number of nitrogens with one attached hydrogen (secondary N) is 1. The molecule has 0 saturated carbocycles. The van der Waals surface area contributed by atoms with E-state index in [1.54, 1.807) is 6.07 Å². The van der Waals surface area contributed by atoms with Crippen LogP contribution in [0.25, 0.3) is 10.6 Å². The van der Waals surface area contributed by atoms with E-state index in [2.05, 4.69) is 10.2 Å². The first-order valence-corrected chi connectivity index (χ1v) is 10.3. The number of hydrogen-bond acceptors (Lipinski definition) is 4. The van der Waals surface area contributed by atoms with Crippen molar-refractivity contribution in [2.75, 3.05) is 10.8 Å². The molecule has 0 aliphatic rings. The number of aromatic amines is 1. The van der Waals surface area contributed by atoms with Gasteiger partial charge in [0.1, 0.15) is 10.6 Å². The third kappa shape index (κ3) is 3.09. The van der Waals surface area contributed by atoms with E-state index in [1.165, 1.54) is 15.6 Å². The van der Waals surface area contributed by atoms with Crippen molar-refractivity contribution in [2.45, 2.75) is 32.6 Å². The van der Waals surface area contributed by atoms with Gasteiger partial charge in [-0.2, -0.15) is 5.10 Å². The number of benzene rings is 1. The molecular weight excluding hydrogens is 354 g/mol. The average molecular weight is 376 g/mol. The smallest absolute Gasteiger partial charge is 0.265 e. The Morgan fingerprint density at radius 3 is 2.40 bits per heavy atom. The summed E-state index contributed by atoms with van der Waals surface area (Å²) in [6.07, 6.45) is 0. The number of H-pyrrole nitrogens is 1. The molecule has 0 radical (unpaired) electrons. The third-order valence-corrected chi connectivity index (χ3v) is 7.47. The summed E-state index contributed by atoms with van der Waals surface area (Å²) < 4.78 is 27.9. The second kappa shape index (κ2) is 6.65. The van der Waals surface area contributed by atoms with Gasteiger partial charge >= 0.3 is 0 Å². The fraction of sp³-hybridized carbons (Fsp3) is 0.278. The highest BCUT2D eigenvalue weighted by molar-refractivity contribution is 7.93. The molecule has 2 heterocycles. The highest BCUT2D eigenvalue weighted by Gasteiger charge is 2.28. The Morgan fingerprint density at radius 1 is 1.16 bits per heavy atom. The van der Waals surface area contributed by atoms with Gasteiger partial charge in [0.2, 0.25) is 0 Å². The van der Waals surface area contributed by atoms with Crippen LogP contribution in [-0.4, -0.2) is 25.2 Å². The van der Waals surface area contributed by atoms with Gasteiger partial charge in [0, 0.05) is 17.1 Å². The number of aromatic nitrogens is 2. The molecule has 0 bridgehead atoms. The second-order valence-electron chi connectivity index (χ2n) is 5.86. The van der Waals surface area contributed by atoms with Crippen LogP contribution in [0.5, 0.6) is 0 Å². The average Bonchev–Trinajstić information content (AvgIpc) is 3.13. The van der Waals surface area contributed by atoms with Crippen LogP contribution >= 0.6 is 11.3 Å². The van der Waals surface area contributed by atoms with E-state index in [4.69, 9.17) is 0 Å². The summed E-state index contributed by atoms with van der Waals surface area (Å²) in [5.74, 6) is 0. The molecule has 0 fully saturated rings. The summed E-state index contributed by atoms with van der Waals surface area (Å²) in [6.45, 7) is 8.00. The van der Waals surface area contributed by atoms with Crippen molar-refractivity contribution < 1.29 is 8.42 Å². The summed E-state index contributed by atoms with van der Waals surface area (Å²) in [4.78, 5) is 1.98. The van der Waals surface area contributed by atoms with Gasteiger partial charge in [-0.15, -0.1) is 11.3 Å². The summed E-state index contributed by atoms with van der Waals surface area (Å²) in [5.41, 5.74) is 3.52. The van der Waals surface area contributed by atoms with E-state index < -0.39 is 10.0 Å². The van der Waals surface area contributed by atoms with Gasteiger partial charge in [-0.25, -0.2) is 8.42 Å². The number of aryl methyl sites for hydroxylation is 2. The molecule has 0 amide bonds. The number of nitrogens with zero attached hydrogens (tertiary/aromatic N) is 2. The van der Waals surface area contributed by atoms with Crippen molar-refractivity contribution in [1.82, 2.24) is 10.2 Å². The quantitative estimate of drug-likeness (QED) is 0.724. The van der Waals surface area contributed by atoms with Crippen LogP contribution in [0, 0.1) is 20.8 Å². The summed E-state index contributed by atoms with van der Waals surface area (Å²) >= 11 is 1.46. The van der Waals surface area contributed by atoms with E-state index in [9.17, 15) is 8.42 Å². The first-order chi connectivity index (χ1) is 11.9. The highest BCUT2D eigenvalue weighted by Crippen LogP contribution is 2.36. The summed E-state index contributed by atoms with van der Waals surface area (Å²) in [7, 11) is -3.62. The highest BCUT2D eigenvalue weighted by atomic mass is 32.2. The fourth-order valence-corrected chi connectivity index (χ4v) is 5.85. The molecule has 0 saturated heterocycles. The van der Waals surface area contributed by atoms with Gasteiger partial charge in [0.05, 0.1) is 10.6 Å². The minimum atomic E-state index is -3.62. The zero-order chi connectivity index (χ0) is 18.2. The molecule has 0 spiro atoms. The van der Waals surface area contributed by atoms with E-state index in [-0.39, 0.29) is 0 Å². The lowest BCUT2D eigenvalue weighted by Gasteiger charge is -2.22. The third-order valence-electron chi connectivity index (χ3n) is 4.26. The Kier molecular flexibility index (Phi) is 4.71. The topological polar surface area (TPSA) is 66.1 Å². The molecular formula is C18H21N3O2S2. The predicted molar refractivity (Wildman–Crippen MR) is 103 cm³/mol. The van der Waals surface area contributed by atoms with Crippen molar-refractivity contribution in [1.29, 1.82) is 0 Å². The van der Waals surface area contributed by atoms with Crippen molar-refractivity contribution >= 4 is 27.0 Å². The molecule has 0 unspecified atom stereocenters. The molecule has 3 aromatic rings. The Balaban J connectivity index is 2.08.